The zero-order valence-electron chi connectivity index (χ0n) is 8.73. The fraction of sp³-hybridized carbons (Fsp3) is 0.0909. The number of furan rings is 1. The van der Waals surface area contributed by atoms with Crippen LogP contribution in [-0.4, -0.2) is 10.9 Å². The summed E-state index contributed by atoms with van der Waals surface area (Å²) in [5.41, 5.74) is 9.07. The molecule has 0 radical (unpaired) electrons. The Morgan fingerprint density at radius 3 is 2.81 bits per heavy atom. The number of para-hydroxylation sites is 1. The lowest BCUT2D eigenvalue weighted by Gasteiger charge is -1.98. The highest BCUT2D eigenvalue weighted by Gasteiger charge is 2.18. The van der Waals surface area contributed by atoms with Crippen LogP contribution in [0.4, 0.5) is 5.69 Å². The van der Waals surface area contributed by atoms with E-state index < -0.39 is 0 Å². The molecule has 0 bridgehead atoms. The number of hydrogen-bond donors (Lipinski definition) is 2. The highest BCUT2D eigenvalue weighted by Crippen LogP contribution is 2.38. The van der Waals surface area contributed by atoms with Gasteiger partial charge in [0.2, 0.25) is 0 Å². The highest BCUT2D eigenvalue weighted by molar-refractivity contribution is 7.98. The summed E-state index contributed by atoms with van der Waals surface area (Å²) in [6.45, 7) is 0. The Morgan fingerprint density at radius 1 is 1.31 bits per heavy atom. The standard InChI is InChI=1S/C11H11N3OS/c1-16-11-8(12)9-10(15-11)6-4-2-3-5-7(6)14(9)13/h2-5H,12-13H2,1H3. The first-order valence-corrected chi connectivity index (χ1v) is 6.07. The first-order valence-electron chi connectivity index (χ1n) is 4.84. The minimum Gasteiger partial charge on any atom is -0.445 e. The van der Waals surface area contributed by atoms with Crippen molar-refractivity contribution in [2.24, 2.45) is 0 Å². The first kappa shape index (κ1) is 9.47. The molecule has 2 aromatic heterocycles. The van der Waals surface area contributed by atoms with E-state index in [1.807, 2.05) is 30.5 Å². The van der Waals surface area contributed by atoms with E-state index in [4.69, 9.17) is 16.0 Å². The predicted octanol–water partition coefficient (Wildman–Crippen LogP) is 2.41. The van der Waals surface area contributed by atoms with Gasteiger partial charge in [-0.15, -0.1) is 0 Å². The second-order valence-corrected chi connectivity index (χ2v) is 4.35. The molecule has 0 fully saturated rings. The number of rotatable bonds is 1. The molecule has 5 heteroatoms. The van der Waals surface area contributed by atoms with Crippen molar-refractivity contribution < 1.29 is 4.42 Å². The number of aromatic nitrogens is 1. The number of nitrogens with zero attached hydrogens (tertiary/aromatic N) is 1. The van der Waals surface area contributed by atoms with Crippen molar-refractivity contribution >= 4 is 39.5 Å². The summed E-state index contributed by atoms with van der Waals surface area (Å²) in [5, 5.41) is 1.71. The Hall–Kier alpha value is -1.75. The molecule has 0 saturated heterocycles. The van der Waals surface area contributed by atoms with Gasteiger partial charge in [0.1, 0.15) is 11.2 Å². The average Bonchev–Trinajstić information content (AvgIpc) is 2.78. The van der Waals surface area contributed by atoms with Crippen molar-refractivity contribution in [3.05, 3.63) is 24.3 Å². The molecule has 82 valence electrons. The van der Waals surface area contributed by atoms with Gasteiger partial charge < -0.3 is 16.0 Å². The predicted molar refractivity (Wildman–Crippen MR) is 68.1 cm³/mol. The van der Waals surface area contributed by atoms with Crippen molar-refractivity contribution in [2.45, 2.75) is 5.09 Å². The summed E-state index contributed by atoms with van der Waals surface area (Å²) in [4.78, 5) is 0. The number of benzene rings is 1. The van der Waals surface area contributed by atoms with Crippen LogP contribution in [0.25, 0.3) is 22.0 Å². The lowest BCUT2D eigenvalue weighted by atomic mass is 10.2. The SMILES string of the molecule is CSc1oc2c3ccccc3n(N)c2c1N. The van der Waals surface area contributed by atoms with Gasteiger partial charge in [0.25, 0.3) is 0 Å². The summed E-state index contributed by atoms with van der Waals surface area (Å²) >= 11 is 1.48. The normalized spacial score (nSPS) is 11.6. The monoisotopic (exact) mass is 233 g/mol. The zero-order chi connectivity index (χ0) is 11.3. The molecule has 0 amide bonds. The molecule has 0 aliphatic carbocycles. The summed E-state index contributed by atoms with van der Waals surface area (Å²) in [7, 11) is 0. The number of anilines is 1. The smallest absolute Gasteiger partial charge is 0.186 e. The molecule has 0 atom stereocenters. The summed E-state index contributed by atoms with van der Waals surface area (Å²) in [6.07, 6.45) is 1.93. The largest absolute Gasteiger partial charge is 0.445 e. The van der Waals surface area contributed by atoms with Gasteiger partial charge in [-0.05, 0) is 18.4 Å². The van der Waals surface area contributed by atoms with Gasteiger partial charge >= 0.3 is 0 Å². The Labute approximate surface area is 96.1 Å². The van der Waals surface area contributed by atoms with Gasteiger partial charge in [0, 0.05) is 5.39 Å². The van der Waals surface area contributed by atoms with E-state index in [2.05, 4.69) is 0 Å². The van der Waals surface area contributed by atoms with Gasteiger partial charge in [-0.25, -0.2) is 0 Å². The summed E-state index contributed by atoms with van der Waals surface area (Å²) < 4.78 is 7.31. The maximum atomic E-state index is 6.01. The van der Waals surface area contributed by atoms with Crippen molar-refractivity contribution in [3.8, 4) is 0 Å². The lowest BCUT2D eigenvalue weighted by molar-refractivity contribution is 0.521. The van der Waals surface area contributed by atoms with Crippen molar-refractivity contribution in [1.82, 2.24) is 4.68 Å². The van der Waals surface area contributed by atoms with E-state index in [1.165, 1.54) is 11.8 Å². The average molecular weight is 233 g/mol. The van der Waals surface area contributed by atoms with Crippen molar-refractivity contribution in [2.75, 3.05) is 17.8 Å². The topological polar surface area (TPSA) is 70.1 Å². The van der Waals surface area contributed by atoms with Crippen LogP contribution in [-0.2, 0) is 0 Å². The van der Waals surface area contributed by atoms with Gasteiger partial charge in [0.15, 0.2) is 10.7 Å². The van der Waals surface area contributed by atoms with Crippen LogP contribution >= 0.6 is 11.8 Å². The maximum absolute atomic E-state index is 6.01. The number of hydrogen-bond acceptors (Lipinski definition) is 4. The van der Waals surface area contributed by atoms with Crippen LogP contribution in [0, 0.1) is 0 Å². The summed E-state index contributed by atoms with van der Waals surface area (Å²) in [5.74, 6) is 6.01. The molecule has 0 unspecified atom stereocenters. The van der Waals surface area contributed by atoms with Crippen LogP contribution in [0.2, 0.25) is 0 Å². The van der Waals surface area contributed by atoms with E-state index in [1.54, 1.807) is 4.68 Å². The fourth-order valence-electron chi connectivity index (χ4n) is 1.98. The molecule has 0 saturated carbocycles. The zero-order valence-corrected chi connectivity index (χ0v) is 9.54. The second-order valence-electron chi connectivity index (χ2n) is 3.57. The summed E-state index contributed by atoms with van der Waals surface area (Å²) in [6, 6.07) is 7.83. The minimum absolute atomic E-state index is 0.612. The van der Waals surface area contributed by atoms with Crippen LogP contribution in [0.15, 0.2) is 33.8 Å². The number of nitrogens with two attached hydrogens (primary N) is 2. The molecule has 4 N–H and O–H groups in total. The highest BCUT2D eigenvalue weighted by atomic mass is 32.2. The molecule has 0 aliphatic rings. The molecule has 3 rings (SSSR count). The molecular formula is C11H11N3OS. The third-order valence-corrected chi connectivity index (χ3v) is 3.39. The van der Waals surface area contributed by atoms with Gasteiger partial charge in [0.05, 0.1) is 5.52 Å². The van der Waals surface area contributed by atoms with Crippen LogP contribution in [0.3, 0.4) is 0 Å². The Kier molecular flexibility index (Phi) is 1.85. The number of fused-ring (bicyclic) bond motifs is 3. The van der Waals surface area contributed by atoms with E-state index in [0.717, 1.165) is 27.1 Å². The van der Waals surface area contributed by atoms with Crippen LogP contribution in [0.1, 0.15) is 0 Å². The first-order chi connectivity index (χ1) is 7.74. The molecule has 3 aromatic rings. The lowest BCUT2D eigenvalue weighted by Crippen LogP contribution is -2.07. The van der Waals surface area contributed by atoms with Gasteiger partial charge in [-0.1, -0.05) is 23.9 Å². The molecule has 16 heavy (non-hydrogen) atoms. The van der Waals surface area contributed by atoms with E-state index in [0.29, 0.717) is 5.69 Å². The maximum Gasteiger partial charge on any atom is 0.186 e. The fourth-order valence-corrected chi connectivity index (χ4v) is 2.47. The third kappa shape index (κ3) is 1.01. The van der Waals surface area contributed by atoms with Gasteiger partial charge in [-0.3, -0.25) is 4.68 Å². The van der Waals surface area contributed by atoms with Crippen molar-refractivity contribution in [1.29, 1.82) is 0 Å². The van der Waals surface area contributed by atoms with Crippen molar-refractivity contribution in [3.63, 3.8) is 0 Å². The molecule has 4 nitrogen and oxygen atoms in total. The molecule has 1 aromatic carbocycles. The van der Waals surface area contributed by atoms with Gasteiger partial charge in [-0.2, -0.15) is 0 Å². The molecule has 2 heterocycles. The van der Waals surface area contributed by atoms with Crippen LogP contribution < -0.4 is 11.6 Å². The molecule has 0 aliphatic heterocycles. The molecule has 0 spiro atoms. The Morgan fingerprint density at radius 2 is 2.06 bits per heavy atom. The van der Waals surface area contributed by atoms with E-state index in [-0.39, 0.29) is 0 Å². The van der Waals surface area contributed by atoms with E-state index >= 15 is 0 Å². The Bertz CT molecular complexity index is 683. The number of nitrogen functional groups attached to an aromatic ring is 2. The Balaban J connectivity index is 2.56. The second kappa shape index (κ2) is 3.12. The molecular weight excluding hydrogens is 222 g/mol. The van der Waals surface area contributed by atoms with Crippen LogP contribution in [0.5, 0.6) is 0 Å². The third-order valence-electron chi connectivity index (χ3n) is 2.72. The van der Waals surface area contributed by atoms with E-state index in [9.17, 15) is 0 Å². The minimum atomic E-state index is 0.612. The quantitative estimate of drug-likeness (QED) is 0.500. The number of thioether (sulfide) groups is 1.